The van der Waals surface area contributed by atoms with Gasteiger partial charge in [-0.1, -0.05) is 18.2 Å². The molecule has 0 atom stereocenters. The minimum Gasteiger partial charge on any atom is -0.219 e. The zero-order valence-electron chi connectivity index (χ0n) is 6.14. The average molecular weight is 186 g/mol. The molecule has 0 aliphatic heterocycles. The first-order valence-corrected chi connectivity index (χ1v) is 4.78. The number of hydrogen-bond donors (Lipinski definition) is 0. The number of benzene rings is 1. The standard InChI is InChI=1S/C8H7FO2S/c9-6-7-12(10,11)8-4-2-1-3-5-8/h1-7H/b7-6+. The van der Waals surface area contributed by atoms with Gasteiger partial charge in [-0.25, -0.2) is 12.8 Å². The van der Waals surface area contributed by atoms with Crippen molar-refractivity contribution >= 4 is 9.84 Å². The summed E-state index contributed by atoms with van der Waals surface area (Å²) in [6.45, 7) is 0. The van der Waals surface area contributed by atoms with Gasteiger partial charge < -0.3 is 0 Å². The molecule has 0 saturated carbocycles. The van der Waals surface area contributed by atoms with Crippen molar-refractivity contribution in [2.45, 2.75) is 4.90 Å². The van der Waals surface area contributed by atoms with Gasteiger partial charge in [0.1, 0.15) is 0 Å². The fraction of sp³-hybridized carbons (Fsp3) is 0. The average Bonchev–Trinajstić information content (AvgIpc) is 2.06. The van der Waals surface area contributed by atoms with E-state index in [9.17, 15) is 12.8 Å². The van der Waals surface area contributed by atoms with Crippen LogP contribution < -0.4 is 0 Å². The van der Waals surface area contributed by atoms with E-state index in [2.05, 4.69) is 0 Å². The predicted octanol–water partition coefficient (Wildman–Crippen LogP) is 1.90. The molecule has 12 heavy (non-hydrogen) atoms. The molecule has 64 valence electrons. The maximum Gasteiger partial charge on any atom is 0.202 e. The molecule has 1 rings (SSSR count). The molecule has 0 N–H and O–H groups in total. The van der Waals surface area contributed by atoms with Gasteiger partial charge in [-0.05, 0) is 12.1 Å². The molecule has 0 radical (unpaired) electrons. The molecule has 0 aromatic heterocycles. The molecule has 1 aromatic carbocycles. The van der Waals surface area contributed by atoms with Gasteiger partial charge in [0.15, 0.2) is 0 Å². The van der Waals surface area contributed by atoms with Gasteiger partial charge in [-0.3, -0.25) is 0 Å². The van der Waals surface area contributed by atoms with Crippen molar-refractivity contribution in [2.24, 2.45) is 0 Å². The lowest BCUT2D eigenvalue weighted by atomic mass is 10.4. The van der Waals surface area contributed by atoms with Gasteiger partial charge in [-0.15, -0.1) is 0 Å². The van der Waals surface area contributed by atoms with Crippen LogP contribution in [0.4, 0.5) is 4.39 Å². The summed E-state index contributed by atoms with van der Waals surface area (Å²) in [4.78, 5) is 0.0962. The van der Waals surface area contributed by atoms with Crippen LogP contribution in [0.2, 0.25) is 0 Å². The van der Waals surface area contributed by atoms with Gasteiger partial charge in [-0.2, -0.15) is 0 Å². The van der Waals surface area contributed by atoms with Crippen LogP contribution in [0, 0.1) is 0 Å². The summed E-state index contributed by atoms with van der Waals surface area (Å²) < 4.78 is 33.8. The number of sulfone groups is 1. The van der Waals surface area contributed by atoms with Crippen LogP contribution in [0.25, 0.3) is 0 Å². The van der Waals surface area contributed by atoms with Crippen molar-refractivity contribution in [3.05, 3.63) is 42.1 Å². The molecular formula is C8H7FO2S. The third-order valence-electron chi connectivity index (χ3n) is 1.30. The van der Waals surface area contributed by atoms with Crippen molar-refractivity contribution in [1.82, 2.24) is 0 Å². The first-order valence-electron chi connectivity index (χ1n) is 3.24. The molecular weight excluding hydrogens is 179 g/mol. The van der Waals surface area contributed by atoms with E-state index in [1.807, 2.05) is 0 Å². The predicted molar refractivity (Wildman–Crippen MR) is 43.9 cm³/mol. The Morgan fingerprint density at radius 2 is 1.75 bits per heavy atom. The van der Waals surface area contributed by atoms with E-state index in [1.165, 1.54) is 12.1 Å². The second-order valence-electron chi connectivity index (χ2n) is 2.12. The third-order valence-corrected chi connectivity index (χ3v) is 2.69. The summed E-state index contributed by atoms with van der Waals surface area (Å²) in [5.74, 6) is 0. The Bertz CT molecular complexity index is 367. The van der Waals surface area contributed by atoms with Gasteiger partial charge >= 0.3 is 0 Å². The zero-order valence-corrected chi connectivity index (χ0v) is 6.96. The molecule has 0 spiro atoms. The number of rotatable bonds is 2. The van der Waals surface area contributed by atoms with E-state index in [0.29, 0.717) is 5.41 Å². The maximum absolute atomic E-state index is 11.6. The number of hydrogen-bond acceptors (Lipinski definition) is 2. The first-order chi connectivity index (χ1) is 5.67. The summed E-state index contributed by atoms with van der Waals surface area (Å²) in [7, 11) is -3.57. The Balaban J connectivity index is 3.16. The Kier molecular flexibility index (Phi) is 2.60. The highest BCUT2D eigenvalue weighted by atomic mass is 32.2. The van der Waals surface area contributed by atoms with E-state index in [-0.39, 0.29) is 11.2 Å². The van der Waals surface area contributed by atoms with Gasteiger partial charge in [0, 0.05) is 0 Å². The maximum atomic E-state index is 11.6. The smallest absolute Gasteiger partial charge is 0.202 e. The van der Waals surface area contributed by atoms with E-state index in [1.54, 1.807) is 18.2 Å². The topological polar surface area (TPSA) is 34.1 Å². The highest BCUT2D eigenvalue weighted by Crippen LogP contribution is 2.10. The highest BCUT2D eigenvalue weighted by molar-refractivity contribution is 7.94. The number of halogens is 1. The zero-order chi connectivity index (χ0) is 9.03. The molecule has 0 unspecified atom stereocenters. The molecule has 0 bridgehead atoms. The van der Waals surface area contributed by atoms with Gasteiger partial charge in [0.25, 0.3) is 0 Å². The fourth-order valence-corrected chi connectivity index (χ4v) is 1.59. The minimum absolute atomic E-state index is 0.0162. The van der Waals surface area contributed by atoms with Crippen molar-refractivity contribution in [3.8, 4) is 0 Å². The van der Waals surface area contributed by atoms with Crippen LogP contribution >= 0.6 is 0 Å². The normalized spacial score (nSPS) is 12.1. The molecule has 4 heteroatoms. The van der Waals surface area contributed by atoms with Crippen LogP contribution in [0.3, 0.4) is 0 Å². The molecule has 0 aliphatic rings. The quantitative estimate of drug-likeness (QED) is 0.706. The Morgan fingerprint density at radius 1 is 1.17 bits per heavy atom. The Hall–Kier alpha value is -1.16. The van der Waals surface area contributed by atoms with Crippen LogP contribution in [-0.2, 0) is 9.84 Å². The van der Waals surface area contributed by atoms with E-state index < -0.39 is 9.84 Å². The largest absolute Gasteiger partial charge is 0.219 e. The first kappa shape index (κ1) is 8.93. The lowest BCUT2D eigenvalue weighted by molar-refractivity contribution is 0.603. The summed E-state index contributed by atoms with van der Waals surface area (Å²) in [6.07, 6.45) is 0.0162. The Morgan fingerprint density at radius 3 is 2.25 bits per heavy atom. The Labute approximate surface area is 70.3 Å². The summed E-state index contributed by atoms with van der Waals surface area (Å²) >= 11 is 0. The van der Waals surface area contributed by atoms with Crippen molar-refractivity contribution in [1.29, 1.82) is 0 Å². The van der Waals surface area contributed by atoms with Crippen LogP contribution in [0.1, 0.15) is 0 Å². The second kappa shape index (κ2) is 3.49. The van der Waals surface area contributed by atoms with E-state index >= 15 is 0 Å². The van der Waals surface area contributed by atoms with Crippen LogP contribution in [-0.4, -0.2) is 8.42 Å². The van der Waals surface area contributed by atoms with Crippen molar-refractivity contribution in [2.75, 3.05) is 0 Å². The molecule has 0 heterocycles. The second-order valence-corrected chi connectivity index (χ2v) is 3.95. The lowest BCUT2D eigenvalue weighted by Gasteiger charge is -1.95. The van der Waals surface area contributed by atoms with Gasteiger partial charge in [0.05, 0.1) is 16.6 Å². The van der Waals surface area contributed by atoms with Crippen molar-refractivity contribution < 1.29 is 12.8 Å². The summed E-state index contributed by atoms with van der Waals surface area (Å²) in [6, 6.07) is 7.68. The lowest BCUT2D eigenvalue weighted by Crippen LogP contribution is -1.94. The summed E-state index contributed by atoms with van der Waals surface area (Å²) in [5.41, 5.74) is 0. The van der Waals surface area contributed by atoms with Crippen molar-refractivity contribution in [3.63, 3.8) is 0 Å². The molecule has 0 saturated heterocycles. The fourth-order valence-electron chi connectivity index (χ4n) is 0.756. The summed E-state index contributed by atoms with van der Waals surface area (Å²) in [5, 5.41) is 0.530. The molecule has 0 aliphatic carbocycles. The van der Waals surface area contributed by atoms with Crippen LogP contribution in [0.15, 0.2) is 47.0 Å². The van der Waals surface area contributed by atoms with Crippen LogP contribution in [0.5, 0.6) is 0 Å². The molecule has 2 nitrogen and oxygen atoms in total. The van der Waals surface area contributed by atoms with E-state index in [0.717, 1.165) is 0 Å². The minimum atomic E-state index is -3.57. The highest BCUT2D eigenvalue weighted by Gasteiger charge is 2.07. The molecule has 0 fully saturated rings. The molecule has 0 amide bonds. The van der Waals surface area contributed by atoms with E-state index in [4.69, 9.17) is 0 Å². The monoisotopic (exact) mass is 186 g/mol. The van der Waals surface area contributed by atoms with Gasteiger partial charge in [0.2, 0.25) is 9.84 Å². The molecule has 1 aromatic rings. The third kappa shape index (κ3) is 1.92. The SMILES string of the molecule is O=S(=O)(/C=C/F)c1ccccc1.